The third-order valence-corrected chi connectivity index (χ3v) is 0.380. The third kappa shape index (κ3) is 5.16. The van der Waals surface area contributed by atoms with Crippen LogP contribution in [0.2, 0.25) is 0 Å². The SMILES string of the molecule is O=CC#CCCF. The molecule has 0 aromatic carbocycles. The number of carbonyl (C=O) groups is 1. The lowest BCUT2D eigenvalue weighted by molar-refractivity contribution is -0.103. The largest absolute Gasteiger partial charge is 0.289 e. The maximum absolute atomic E-state index is 11.1. The molecule has 0 unspecified atom stereocenters. The van der Waals surface area contributed by atoms with Gasteiger partial charge >= 0.3 is 0 Å². The molecule has 0 spiro atoms. The van der Waals surface area contributed by atoms with Crippen LogP contribution in [0.4, 0.5) is 4.39 Å². The Hall–Kier alpha value is -0.840. The van der Waals surface area contributed by atoms with E-state index < -0.39 is 6.67 Å². The maximum atomic E-state index is 11.1. The molecule has 0 aromatic heterocycles. The average molecular weight is 100 g/mol. The van der Waals surface area contributed by atoms with Crippen molar-refractivity contribution in [2.45, 2.75) is 6.42 Å². The van der Waals surface area contributed by atoms with Gasteiger partial charge in [0.2, 0.25) is 0 Å². The Balaban J connectivity index is 3.07. The Bertz CT molecular complexity index is 98.4. The molecule has 0 saturated carbocycles. The van der Waals surface area contributed by atoms with E-state index in [2.05, 4.69) is 11.8 Å². The van der Waals surface area contributed by atoms with Crippen molar-refractivity contribution in [2.24, 2.45) is 0 Å². The predicted molar refractivity (Wildman–Crippen MR) is 24.4 cm³/mol. The zero-order chi connectivity index (χ0) is 5.54. The van der Waals surface area contributed by atoms with Crippen molar-refractivity contribution in [2.75, 3.05) is 6.67 Å². The van der Waals surface area contributed by atoms with Gasteiger partial charge in [-0.15, -0.1) is 0 Å². The molecule has 0 heterocycles. The minimum absolute atomic E-state index is 0.165. The second-order valence-electron chi connectivity index (χ2n) is 0.878. The van der Waals surface area contributed by atoms with E-state index in [-0.39, 0.29) is 6.42 Å². The first kappa shape index (κ1) is 6.16. The van der Waals surface area contributed by atoms with E-state index in [0.717, 1.165) is 0 Å². The minimum atomic E-state index is -0.471. The van der Waals surface area contributed by atoms with Gasteiger partial charge in [0, 0.05) is 6.42 Å². The zero-order valence-electron chi connectivity index (χ0n) is 3.78. The molecule has 0 radical (unpaired) electrons. The van der Waals surface area contributed by atoms with Crippen molar-refractivity contribution >= 4 is 6.29 Å². The molecule has 0 aromatic rings. The van der Waals surface area contributed by atoms with E-state index in [9.17, 15) is 9.18 Å². The van der Waals surface area contributed by atoms with E-state index in [4.69, 9.17) is 0 Å². The lowest BCUT2D eigenvalue weighted by Gasteiger charge is -1.68. The van der Waals surface area contributed by atoms with Crippen LogP contribution in [0.3, 0.4) is 0 Å². The van der Waals surface area contributed by atoms with E-state index in [1.54, 1.807) is 0 Å². The molecular formula is C5H5FO. The molecule has 0 bridgehead atoms. The number of halogens is 1. The molecule has 0 atom stereocenters. The van der Waals surface area contributed by atoms with Gasteiger partial charge in [0.1, 0.15) is 6.67 Å². The third-order valence-electron chi connectivity index (χ3n) is 0.380. The highest BCUT2D eigenvalue weighted by Gasteiger charge is 1.69. The minimum Gasteiger partial charge on any atom is -0.289 e. The summed E-state index contributed by atoms with van der Waals surface area (Å²) in [4.78, 5) is 9.38. The van der Waals surface area contributed by atoms with Crippen molar-refractivity contribution in [1.82, 2.24) is 0 Å². The van der Waals surface area contributed by atoms with Gasteiger partial charge in [-0.05, 0) is 5.92 Å². The van der Waals surface area contributed by atoms with Crippen LogP contribution < -0.4 is 0 Å². The first-order valence-electron chi connectivity index (χ1n) is 1.90. The molecule has 7 heavy (non-hydrogen) atoms. The summed E-state index contributed by atoms with van der Waals surface area (Å²) in [6.45, 7) is -0.471. The number of carbonyl (C=O) groups excluding carboxylic acids is 1. The van der Waals surface area contributed by atoms with Crippen LogP contribution in [-0.2, 0) is 4.79 Å². The van der Waals surface area contributed by atoms with Gasteiger partial charge in [0.05, 0.1) is 0 Å². The molecule has 0 rings (SSSR count). The summed E-state index contributed by atoms with van der Waals surface area (Å²) in [6.07, 6.45) is 0.619. The van der Waals surface area contributed by atoms with Gasteiger partial charge in [0.25, 0.3) is 0 Å². The molecule has 0 aliphatic carbocycles. The maximum Gasteiger partial charge on any atom is 0.192 e. The Kier molecular flexibility index (Phi) is 4.54. The van der Waals surface area contributed by atoms with Crippen molar-refractivity contribution in [3.63, 3.8) is 0 Å². The Labute approximate surface area is 41.5 Å². The molecule has 0 amide bonds. The molecular weight excluding hydrogens is 95.1 g/mol. The van der Waals surface area contributed by atoms with Crippen LogP contribution in [0.5, 0.6) is 0 Å². The lowest BCUT2D eigenvalue weighted by atomic mass is 10.5. The predicted octanol–water partition coefficient (Wildman–Crippen LogP) is 0.548. The van der Waals surface area contributed by atoms with Crippen molar-refractivity contribution in [1.29, 1.82) is 0 Å². The highest BCUT2D eigenvalue weighted by Crippen LogP contribution is 1.72. The highest BCUT2D eigenvalue weighted by molar-refractivity contribution is 5.72. The second-order valence-corrected chi connectivity index (χ2v) is 0.878. The van der Waals surface area contributed by atoms with Gasteiger partial charge < -0.3 is 0 Å². The summed E-state index contributed by atoms with van der Waals surface area (Å²) < 4.78 is 11.1. The summed E-state index contributed by atoms with van der Waals surface area (Å²) in [7, 11) is 0. The molecule has 1 nitrogen and oxygen atoms in total. The van der Waals surface area contributed by atoms with Crippen LogP contribution in [0.1, 0.15) is 6.42 Å². The van der Waals surface area contributed by atoms with Crippen molar-refractivity contribution in [3.8, 4) is 11.8 Å². The summed E-state index contributed by atoms with van der Waals surface area (Å²) >= 11 is 0. The summed E-state index contributed by atoms with van der Waals surface area (Å²) in [5.41, 5.74) is 0. The van der Waals surface area contributed by atoms with Crippen LogP contribution >= 0.6 is 0 Å². The Morgan fingerprint density at radius 1 is 1.71 bits per heavy atom. The van der Waals surface area contributed by atoms with E-state index in [1.807, 2.05) is 0 Å². The second kappa shape index (κ2) is 5.16. The standard InChI is InChI=1S/C5H5FO/c6-4-2-1-3-5-7/h5H,2,4H2. The zero-order valence-corrected chi connectivity index (χ0v) is 3.78. The lowest BCUT2D eigenvalue weighted by Crippen LogP contribution is -1.67. The summed E-state index contributed by atoms with van der Waals surface area (Å²) in [6, 6.07) is 0. The molecule has 38 valence electrons. The Morgan fingerprint density at radius 2 is 2.43 bits per heavy atom. The molecule has 2 heteroatoms. The number of hydrogen-bond donors (Lipinski definition) is 0. The smallest absolute Gasteiger partial charge is 0.192 e. The molecule has 0 aliphatic rings. The first-order valence-corrected chi connectivity index (χ1v) is 1.90. The van der Waals surface area contributed by atoms with Crippen LogP contribution in [-0.4, -0.2) is 13.0 Å². The normalized spacial score (nSPS) is 6.43. The van der Waals surface area contributed by atoms with Gasteiger partial charge in [-0.25, -0.2) is 0 Å². The van der Waals surface area contributed by atoms with Gasteiger partial charge in [-0.1, -0.05) is 5.92 Å². The fraction of sp³-hybridized carbons (Fsp3) is 0.400. The number of rotatable bonds is 1. The van der Waals surface area contributed by atoms with Gasteiger partial charge in [0.15, 0.2) is 6.29 Å². The van der Waals surface area contributed by atoms with E-state index in [0.29, 0.717) is 6.29 Å². The van der Waals surface area contributed by atoms with Crippen LogP contribution in [0, 0.1) is 11.8 Å². The van der Waals surface area contributed by atoms with Crippen LogP contribution in [0.25, 0.3) is 0 Å². The fourth-order valence-corrected chi connectivity index (χ4v) is 0.161. The fourth-order valence-electron chi connectivity index (χ4n) is 0.161. The Morgan fingerprint density at radius 3 is 2.86 bits per heavy atom. The van der Waals surface area contributed by atoms with Crippen molar-refractivity contribution < 1.29 is 9.18 Å². The first-order chi connectivity index (χ1) is 3.41. The van der Waals surface area contributed by atoms with E-state index in [1.165, 1.54) is 0 Å². The molecule has 0 saturated heterocycles. The number of aldehydes is 1. The quantitative estimate of drug-likeness (QED) is 0.347. The van der Waals surface area contributed by atoms with Crippen molar-refractivity contribution in [3.05, 3.63) is 0 Å². The van der Waals surface area contributed by atoms with Crippen LogP contribution in [0.15, 0.2) is 0 Å². The monoisotopic (exact) mass is 100 g/mol. The molecule has 0 aliphatic heterocycles. The number of alkyl halides is 1. The topological polar surface area (TPSA) is 17.1 Å². The molecule has 0 N–H and O–H groups in total. The van der Waals surface area contributed by atoms with E-state index >= 15 is 0 Å². The van der Waals surface area contributed by atoms with Gasteiger partial charge in [-0.2, -0.15) is 0 Å². The summed E-state index contributed by atoms with van der Waals surface area (Å²) in [5.74, 6) is 4.37. The average Bonchev–Trinajstić information content (AvgIpc) is 1.69. The number of hydrogen-bond acceptors (Lipinski definition) is 1. The molecule has 0 fully saturated rings. The van der Waals surface area contributed by atoms with Gasteiger partial charge in [-0.3, -0.25) is 9.18 Å². The highest BCUT2D eigenvalue weighted by atomic mass is 19.1. The summed E-state index contributed by atoms with van der Waals surface area (Å²) in [5, 5.41) is 0.